The second-order valence-corrected chi connectivity index (χ2v) is 13.5. The fourth-order valence-corrected chi connectivity index (χ4v) is 8.27. The lowest BCUT2D eigenvalue weighted by atomic mass is 9.94. The smallest absolute Gasteiger partial charge is 0.251 e. The molecule has 0 aromatic carbocycles. The van der Waals surface area contributed by atoms with Gasteiger partial charge in [0.25, 0.3) is 5.91 Å². The molecule has 1 aliphatic carbocycles. The van der Waals surface area contributed by atoms with E-state index in [0.29, 0.717) is 49.0 Å². The molecule has 4 aromatic heterocycles. The summed E-state index contributed by atoms with van der Waals surface area (Å²) >= 11 is 0. The lowest BCUT2D eigenvalue weighted by Gasteiger charge is -2.47. The zero-order valence-electron chi connectivity index (χ0n) is 23.9. The van der Waals surface area contributed by atoms with E-state index in [-0.39, 0.29) is 29.3 Å². The van der Waals surface area contributed by atoms with Gasteiger partial charge in [-0.15, -0.1) is 0 Å². The molecule has 1 unspecified atom stereocenters. The zero-order valence-corrected chi connectivity index (χ0v) is 24.8. The van der Waals surface area contributed by atoms with E-state index >= 15 is 0 Å². The molecule has 1 amide bonds. The number of sulfonamides is 1. The molecular formula is C30H33N7O5S. The molecule has 0 radical (unpaired) electrons. The van der Waals surface area contributed by atoms with E-state index in [1.165, 1.54) is 0 Å². The number of ether oxygens (including phenoxy) is 2. The third-order valence-electron chi connectivity index (χ3n) is 8.23. The molecule has 2 saturated heterocycles. The number of amides is 1. The Morgan fingerprint density at radius 1 is 1.05 bits per heavy atom. The molecule has 4 aromatic rings. The number of pyridine rings is 3. The van der Waals surface area contributed by atoms with Crippen molar-refractivity contribution in [3.63, 3.8) is 0 Å². The standard InChI is InChI=1S/C30H33N7O5S/c1-18-9-26(19-6-8-36-21(10-19)14-29(35-36)34-28-11-20(5-7-32-28)30(38)31-2)27(15-33-18)42-24-12-22-16-41-17-23(13-24)37(22)43(39,40)25-3-4-25/h5-11,14-15,22-25H,3-4,12-13,16-17H2,1-2H3,(H,31,38)(H,32,34,35)/t22-,23+,24?. The summed E-state index contributed by atoms with van der Waals surface area (Å²) in [5.74, 6) is 1.56. The van der Waals surface area contributed by atoms with Crippen LogP contribution in [0, 0.1) is 6.92 Å². The van der Waals surface area contributed by atoms with Gasteiger partial charge in [-0.1, -0.05) is 0 Å². The number of rotatable bonds is 8. The lowest BCUT2D eigenvalue weighted by Crippen LogP contribution is -2.61. The van der Waals surface area contributed by atoms with Crippen molar-refractivity contribution >= 4 is 33.1 Å². The number of piperidine rings is 1. The number of hydrogen-bond acceptors (Lipinski definition) is 9. The van der Waals surface area contributed by atoms with Crippen LogP contribution >= 0.6 is 0 Å². The quantitative estimate of drug-likeness (QED) is 0.310. The number of aryl methyl sites for hydroxylation is 1. The van der Waals surface area contributed by atoms with Crippen molar-refractivity contribution in [1.29, 1.82) is 0 Å². The maximum atomic E-state index is 13.2. The Morgan fingerprint density at radius 2 is 1.84 bits per heavy atom. The van der Waals surface area contributed by atoms with Gasteiger partial charge in [0, 0.05) is 55.2 Å². The molecule has 43 heavy (non-hydrogen) atoms. The van der Waals surface area contributed by atoms with Crippen molar-refractivity contribution in [3.05, 3.63) is 66.2 Å². The number of morpholine rings is 1. The van der Waals surface area contributed by atoms with Crippen LogP contribution in [0.4, 0.5) is 11.6 Å². The van der Waals surface area contributed by atoms with E-state index in [4.69, 9.17) is 9.47 Å². The van der Waals surface area contributed by atoms with Crippen LogP contribution in [0.25, 0.3) is 16.6 Å². The van der Waals surface area contributed by atoms with Crippen LogP contribution in [-0.4, -0.2) is 81.9 Å². The van der Waals surface area contributed by atoms with Gasteiger partial charge in [0.15, 0.2) is 5.82 Å². The molecule has 13 heteroatoms. The first-order valence-electron chi connectivity index (χ1n) is 14.5. The van der Waals surface area contributed by atoms with Gasteiger partial charge in [-0.2, -0.15) is 9.40 Å². The minimum absolute atomic E-state index is 0.152. The molecule has 2 aliphatic heterocycles. The molecule has 2 N–H and O–H groups in total. The molecule has 7 rings (SSSR count). The first kappa shape index (κ1) is 27.7. The molecule has 224 valence electrons. The Morgan fingerprint density at radius 3 is 2.58 bits per heavy atom. The summed E-state index contributed by atoms with van der Waals surface area (Å²) in [5, 5.41) is 10.2. The van der Waals surface area contributed by atoms with Gasteiger partial charge in [0.05, 0.1) is 42.3 Å². The van der Waals surface area contributed by atoms with E-state index in [1.54, 1.807) is 40.4 Å². The Balaban J connectivity index is 1.12. The third-order valence-corrected chi connectivity index (χ3v) is 10.7. The fraction of sp³-hybridized carbons (Fsp3) is 0.400. The highest BCUT2D eigenvalue weighted by Gasteiger charge is 2.51. The minimum Gasteiger partial charge on any atom is -0.488 e. The van der Waals surface area contributed by atoms with Crippen LogP contribution in [0.15, 0.2) is 55.0 Å². The van der Waals surface area contributed by atoms with Crippen LogP contribution in [0.3, 0.4) is 0 Å². The summed E-state index contributed by atoms with van der Waals surface area (Å²) < 4.78 is 42.2. The van der Waals surface area contributed by atoms with Crippen molar-refractivity contribution in [1.82, 2.24) is 29.2 Å². The number of nitrogens with one attached hydrogen (secondary N) is 2. The average molecular weight is 604 g/mol. The van der Waals surface area contributed by atoms with Gasteiger partial charge < -0.3 is 20.1 Å². The van der Waals surface area contributed by atoms with Crippen LogP contribution in [-0.2, 0) is 14.8 Å². The predicted molar refractivity (Wildman–Crippen MR) is 160 cm³/mol. The Hall–Kier alpha value is -4.07. The Kier molecular flexibility index (Phi) is 7.02. The van der Waals surface area contributed by atoms with Gasteiger partial charge in [0.2, 0.25) is 10.0 Å². The molecular weight excluding hydrogens is 570 g/mol. The minimum atomic E-state index is -3.30. The maximum absolute atomic E-state index is 13.2. The van der Waals surface area contributed by atoms with Gasteiger partial charge in [-0.25, -0.2) is 17.9 Å². The molecule has 6 heterocycles. The number of anilines is 2. The number of nitrogens with zero attached hydrogens (tertiary/aromatic N) is 5. The zero-order chi connectivity index (χ0) is 29.7. The number of aromatic nitrogens is 4. The summed E-state index contributed by atoms with van der Waals surface area (Å²) in [6.07, 6.45) is 7.69. The molecule has 3 aliphatic rings. The van der Waals surface area contributed by atoms with Crippen molar-refractivity contribution in [2.45, 2.75) is 56.0 Å². The monoisotopic (exact) mass is 603 g/mol. The first-order valence-corrected chi connectivity index (χ1v) is 16.0. The predicted octanol–water partition coefficient (Wildman–Crippen LogP) is 3.31. The highest BCUT2D eigenvalue weighted by molar-refractivity contribution is 7.90. The Labute approximate surface area is 249 Å². The summed E-state index contributed by atoms with van der Waals surface area (Å²) in [4.78, 5) is 20.8. The number of carbonyl (C=O) groups is 1. The SMILES string of the molecule is CNC(=O)c1ccnc(Nc2cc3cc(-c4cc(C)ncc4OC4C[C@H]5COC[C@@H](C4)N5S(=O)(=O)C4CC4)ccn3n2)c1. The van der Waals surface area contributed by atoms with E-state index in [9.17, 15) is 13.2 Å². The normalized spacial score (nSPS) is 22.3. The first-order chi connectivity index (χ1) is 20.8. The van der Waals surface area contributed by atoms with Crippen LogP contribution in [0.1, 0.15) is 41.7 Å². The molecule has 12 nitrogen and oxygen atoms in total. The van der Waals surface area contributed by atoms with E-state index < -0.39 is 10.0 Å². The second-order valence-electron chi connectivity index (χ2n) is 11.4. The summed E-state index contributed by atoms with van der Waals surface area (Å²) in [6.45, 7) is 2.72. The van der Waals surface area contributed by atoms with E-state index in [2.05, 4.69) is 25.7 Å². The fourth-order valence-electron chi connectivity index (χ4n) is 6.07. The number of fused-ring (bicyclic) bond motifs is 3. The lowest BCUT2D eigenvalue weighted by molar-refractivity contribution is -0.0610. The van der Waals surface area contributed by atoms with E-state index in [1.807, 2.05) is 37.4 Å². The topological polar surface area (TPSA) is 140 Å². The van der Waals surface area contributed by atoms with Crippen molar-refractivity contribution in [2.24, 2.45) is 0 Å². The average Bonchev–Trinajstić information content (AvgIpc) is 3.78. The molecule has 1 saturated carbocycles. The van der Waals surface area contributed by atoms with Gasteiger partial charge in [-0.3, -0.25) is 9.78 Å². The molecule has 0 spiro atoms. The van der Waals surface area contributed by atoms with Crippen molar-refractivity contribution in [2.75, 3.05) is 25.6 Å². The summed E-state index contributed by atoms with van der Waals surface area (Å²) in [5.41, 5.74) is 4.05. The summed E-state index contributed by atoms with van der Waals surface area (Å²) in [7, 11) is -1.71. The highest BCUT2D eigenvalue weighted by atomic mass is 32.2. The number of hydrogen-bond donors (Lipinski definition) is 2. The van der Waals surface area contributed by atoms with Crippen LogP contribution < -0.4 is 15.4 Å². The van der Waals surface area contributed by atoms with Crippen LogP contribution in [0.2, 0.25) is 0 Å². The van der Waals surface area contributed by atoms with Gasteiger partial charge in [-0.05, 0) is 55.7 Å². The largest absolute Gasteiger partial charge is 0.488 e. The molecule has 3 fully saturated rings. The maximum Gasteiger partial charge on any atom is 0.251 e. The molecule has 3 atom stereocenters. The van der Waals surface area contributed by atoms with Crippen molar-refractivity contribution in [3.8, 4) is 16.9 Å². The third kappa shape index (κ3) is 5.43. The van der Waals surface area contributed by atoms with Gasteiger partial charge >= 0.3 is 0 Å². The highest BCUT2D eigenvalue weighted by Crippen LogP contribution is 2.40. The van der Waals surface area contributed by atoms with E-state index in [0.717, 1.165) is 35.2 Å². The summed E-state index contributed by atoms with van der Waals surface area (Å²) in [6, 6.07) is 10.8. The molecule has 2 bridgehead atoms. The second kappa shape index (κ2) is 10.9. The van der Waals surface area contributed by atoms with Crippen molar-refractivity contribution < 1.29 is 22.7 Å². The van der Waals surface area contributed by atoms with Gasteiger partial charge in [0.1, 0.15) is 17.7 Å². The Bertz CT molecular complexity index is 1790. The number of carbonyl (C=O) groups excluding carboxylic acids is 1. The van der Waals surface area contributed by atoms with Crippen LogP contribution in [0.5, 0.6) is 5.75 Å².